The summed E-state index contributed by atoms with van der Waals surface area (Å²) < 4.78 is 9.56. The second kappa shape index (κ2) is 8.92. The Morgan fingerprint density at radius 2 is 2.33 bits per heavy atom. The molecule has 0 bridgehead atoms. The van der Waals surface area contributed by atoms with Crippen molar-refractivity contribution in [2.75, 3.05) is 5.75 Å². The fourth-order valence-electron chi connectivity index (χ4n) is 0.253. The minimum Gasteiger partial charge on any atom is -0.435 e. The highest BCUT2D eigenvalue weighted by Crippen LogP contribution is 1.90. The van der Waals surface area contributed by atoms with Crippen LogP contribution in [0.4, 0.5) is 0 Å². The maximum Gasteiger partial charge on any atom is 0.409 e. The SMILES string of the molecule is [Si]O[Si]O[Si]CCCS. The average molecular weight is 191 g/mol. The molecular weight excluding hydrogens is 184 g/mol. The summed E-state index contributed by atoms with van der Waals surface area (Å²) in [5, 5.41) is 0. The Hall–Kier alpha value is 0.921. The fourth-order valence-corrected chi connectivity index (χ4v) is 2.21. The molecule has 2 nitrogen and oxygen atoms in total. The summed E-state index contributed by atoms with van der Waals surface area (Å²) in [6, 6.07) is 1.09. The quantitative estimate of drug-likeness (QED) is 0.362. The Morgan fingerprint density at radius 3 is 2.89 bits per heavy atom. The van der Waals surface area contributed by atoms with Gasteiger partial charge in [-0.15, -0.1) is 0 Å². The molecule has 0 aromatic rings. The molecule has 6 heteroatoms. The Labute approximate surface area is 69.7 Å². The van der Waals surface area contributed by atoms with Crippen molar-refractivity contribution < 1.29 is 8.23 Å². The van der Waals surface area contributed by atoms with Gasteiger partial charge >= 0.3 is 10.0 Å². The van der Waals surface area contributed by atoms with Crippen molar-refractivity contribution in [3.05, 3.63) is 0 Å². The van der Waals surface area contributed by atoms with Gasteiger partial charge in [-0.1, -0.05) is 0 Å². The second-order valence-electron chi connectivity index (χ2n) is 1.26. The number of thiol groups is 1. The zero-order valence-corrected chi connectivity index (χ0v) is 8.78. The predicted octanol–water partition coefficient (Wildman–Crippen LogP) is -0.00530. The van der Waals surface area contributed by atoms with Crippen molar-refractivity contribution in [3.8, 4) is 0 Å². The van der Waals surface area contributed by atoms with Gasteiger partial charge in [0.1, 0.15) is 0 Å². The lowest BCUT2D eigenvalue weighted by Gasteiger charge is -1.95. The van der Waals surface area contributed by atoms with Crippen LogP contribution in [0.2, 0.25) is 6.04 Å². The molecule has 0 aromatic heterocycles. The van der Waals surface area contributed by atoms with E-state index >= 15 is 0 Å². The Balaban J connectivity index is 2.60. The van der Waals surface area contributed by atoms with E-state index in [1.165, 1.54) is 0 Å². The van der Waals surface area contributed by atoms with E-state index in [4.69, 9.17) is 4.12 Å². The topological polar surface area (TPSA) is 18.5 Å². The van der Waals surface area contributed by atoms with Gasteiger partial charge in [0.15, 0.2) is 0 Å². The summed E-state index contributed by atoms with van der Waals surface area (Å²) in [5.41, 5.74) is 0. The molecule has 0 rings (SSSR count). The lowest BCUT2D eigenvalue weighted by molar-refractivity contribution is 0.501. The molecule has 0 aromatic carbocycles. The Kier molecular flexibility index (Phi) is 9.83. The normalized spacial score (nSPS) is 10.0. The molecule has 0 aliphatic heterocycles. The highest BCUT2D eigenvalue weighted by molar-refractivity contribution is 7.80. The first-order valence-electron chi connectivity index (χ1n) is 2.49. The maximum absolute atomic E-state index is 5.04. The molecule has 49 valence electrons. The Bertz CT molecular complexity index is 50.3. The van der Waals surface area contributed by atoms with E-state index in [-0.39, 0.29) is 10.0 Å². The first-order valence-corrected chi connectivity index (χ1v) is 5.46. The highest BCUT2D eigenvalue weighted by Gasteiger charge is 1.91. The van der Waals surface area contributed by atoms with Crippen LogP contribution in [0.5, 0.6) is 0 Å². The minimum absolute atomic E-state index is 0.127. The van der Waals surface area contributed by atoms with Crippen molar-refractivity contribution >= 4 is 42.9 Å². The van der Waals surface area contributed by atoms with Crippen LogP contribution in [0.15, 0.2) is 0 Å². The van der Waals surface area contributed by atoms with Crippen molar-refractivity contribution in [3.63, 3.8) is 0 Å². The molecule has 0 aliphatic rings. The molecule has 0 unspecified atom stereocenters. The smallest absolute Gasteiger partial charge is 0.409 e. The molecule has 0 N–H and O–H groups in total. The van der Waals surface area contributed by atoms with Crippen LogP contribution in [-0.2, 0) is 8.23 Å². The summed E-state index contributed by atoms with van der Waals surface area (Å²) in [5.74, 6) is 0.939. The van der Waals surface area contributed by atoms with Gasteiger partial charge < -0.3 is 8.23 Å². The largest absolute Gasteiger partial charge is 0.435 e. The highest BCUT2D eigenvalue weighted by atomic mass is 32.1. The van der Waals surface area contributed by atoms with Crippen LogP contribution in [0.1, 0.15) is 6.42 Å². The van der Waals surface area contributed by atoms with E-state index in [0.717, 1.165) is 18.2 Å². The molecule has 0 aliphatic carbocycles. The molecule has 0 fully saturated rings. The first-order chi connectivity index (χ1) is 4.41. The zero-order valence-electron chi connectivity index (χ0n) is 4.89. The van der Waals surface area contributed by atoms with E-state index < -0.39 is 0 Å². The lowest BCUT2D eigenvalue weighted by atomic mass is 10.6. The van der Waals surface area contributed by atoms with Crippen molar-refractivity contribution in [2.24, 2.45) is 0 Å². The standard InChI is InChI=1S/C3H7O2SSi3/c6-2-1-3-8-5-9-4-7/h6H,1-3H2. The van der Waals surface area contributed by atoms with Gasteiger partial charge in [-0.05, 0) is 18.2 Å². The van der Waals surface area contributed by atoms with Crippen molar-refractivity contribution in [2.45, 2.75) is 12.5 Å². The van der Waals surface area contributed by atoms with E-state index in [9.17, 15) is 0 Å². The first kappa shape index (κ1) is 9.92. The molecule has 9 heavy (non-hydrogen) atoms. The molecule has 0 amide bonds. The summed E-state index contributed by atoms with van der Waals surface area (Å²) >= 11 is 4.06. The maximum atomic E-state index is 5.04. The third kappa shape index (κ3) is 8.92. The fraction of sp³-hybridized carbons (Fsp3) is 1.00. The van der Waals surface area contributed by atoms with Gasteiger partial charge in [0.05, 0.1) is 0 Å². The van der Waals surface area contributed by atoms with Gasteiger partial charge in [-0.2, -0.15) is 12.6 Å². The molecule has 7 radical (unpaired) electrons. The average Bonchev–Trinajstić information content (AvgIpc) is 1.89. The van der Waals surface area contributed by atoms with Gasteiger partial charge in [-0.25, -0.2) is 0 Å². The molecule has 0 spiro atoms. The monoisotopic (exact) mass is 191 g/mol. The summed E-state index contributed by atoms with van der Waals surface area (Å²) in [7, 11) is 3.52. The van der Waals surface area contributed by atoms with Crippen molar-refractivity contribution in [1.29, 1.82) is 0 Å². The number of hydrogen-bond donors (Lipinski definition) is 1. The van der Waals surface area contributed by atoms with Crippen LogP contribution in [0.25, 0.3) is 0 Å². The van der Waals surface area contributed by atoms with Crippen LogP contribution >= 0.6 is 12.6 Å². The van der Waals surface area contributed by atoms with E-state index in [1.54, 1.807) is 0 Å². The van der Waals surface area contributed by atoms with Crippen LogP contribution < -0.4 is 0 Å². The van der Waals surface area contributed by atoms with Crippen molar-refractivity contribution in [1.82, 2.24) is 0 Å². The number of rotatable bonds is 6. The second-order valence-corrected chi connectivity index (χ2v) is 4.29. The van der Waals surface area contributed by atoms with Crippen LogP contribution in [0.3, 0.4) is 0 Å². The number of hydrogen-bond acceptors (Lipinski definition) is 3. The van der Waals surface area contributed by atoms with Gasteiger partial charge in [-0.3, -0.25) is 0 Å². The van der Waals surface area contributed by atoms with E-state index in [1.807, 2.05) is 0 Å². The molecular formula is C3H7O2SSi3. The van der Waals surface area contributed by atoms with Gasteiger partial charge in [0.25, 0.3) is 0 Å². The van der Waals surface area contributed by atoms with Gasteiger partial charge in [0, 0.05) is 0 Å². The Morgan fingerprint density at radius 1 is 1.56 bits per heavy atom. The predicted molar refractivity (Wildman–Crippen MR) is 42.7 cm³/mol. The van der Waals surface area contributed by atoms with E-state index in [2.05, 4.69) is 27.2 Å². The molecule has 0 saturated carbocycles. The summed E-state index contributed by atoms with van der Waals surface area (Å²) in [6.45, 7) is 0. The van der Waals surface area contributed by atoms with Gasteiger partial charge in [0.2, 0.25) is 20.2 Å². The molecule has 0 heterocycles. The summed E-state index contributed by atoms with van der Waals surface area (Å²) in [4.78, 5) is 0. The van der Waals surface area contributed by atoms with Crippen LogP contribution in [0, 0.1) is 0 Å². The summed E-state index contributed by atoms with van der Waals surface area (Å²) in [6.07, 6.45) is 1.12. The zero-order chi connectivity index (χ0) is 6.95. The third-order valence-electron chi connectivity index (χ3n) is 0.592. The molecule has 0 saturated heterocycles. The van der Waals surface area contributed by atoms with E-state index in [0.29, 0.717) is 9.76 Å². The molecule has 0 atom stereocenters. The lowest BCUT2D eigenvalue weighted by Crippen LogP contribution is -2.06. The minimum atomic E-state index is 0.127. The van der Waals surface area contributed by atoms with Crippen LogP contribution in [-0.4, -0.2) is 36.0 Å². The third-order valence-corrected chi connectivity index (χ3v) is 2.71.